The van der Waals surface area contributed by atoms with Gasteiger partial charge in [-0.2, -0.15) is 0 Å². The van der Waals surface area contributed by atoms with E-state index in [1.807, 2.05) is 0 Å². The number of rotatable bonds is 1. The second-order valence-electron chi connectivity index (χ2n) is 1.10. The number of hydrogen-bond donors (Lipinski definition) is 3. The Hall–Kier alpha value is 1.90. The van der Waals surface area contributed by atoms with E-state index in [1.165, 1.54) is 0 Å². The summed E-state index contributed by atoms with van der Waals surface area (Å²) in [5.74, 6) is -1.23. The van der Waals surface area contributed by atoms with Gasteiger partial charge in [0.05, 0.1) is 5.97 Å². The summed E-state index contributed by atoms with van der Waals surface area (Å²) in [6, 6.07) is 0. The molecule has 0 heterocycles. The van der Waals surface area contributed by atoms with Gasteiger partial charge in [0.1, 0.15) is 0 Å². The van der Waals surface area contributed by atoms with Crippen LogP contribution < -0.4 is 90.8 Å². The fourth-order valence-electron chi connectivity index (χ4n) is 0. The predicted octanol–water partition coefficient (Wildman–Crippen LogP) is -10.3. The van der Waals surface area contributed by atoms with E-state index in [0.717, 1.165) is 6.08 Å². The molecule has 0 fully saturated rings. The standard InChI is InChI=1S/C3H4O2.K.Na.H3O4Si/c1-2-3(4)5;;;1-5(2,3)4/h2H,1H2,(H,4,5);;;1-3H/q;2*+1;-1/p-1. The van der Waals surface area contributed by atoms with Crippen molar-refractivity contribution in [2.24, 2.45) is 0 Å². The van der Waals surface area contributed by atoms with Crippen molar-refractivity contribution >= 4 is 15.0 Å². The number of aliphatic carboxylic acids is 1. The zero-order valence-corrected chi connectivity index (χ0v) is 13.0. The van der Waals surface area contributed by atoms with Gasteiger partial charge in [0.15, 0.2) is 0 Å². The van der Waals surface area contributed by atoms with Gasteiger partial charge in [-0.15, -0.1) is 0 Å². The summed E-state index contributed by atoms with van der Waals surface area (Å²) < 4.78 is 0. The molecule has 6 nitrogen and oxygen atoms in total. The topological polar surface area (TPSA) is 124 Å². The molecule has 0 aromatic carbocycles. The number of carboxylic acids is 1. The Balaban J connectivity index is -0.0000000457. The third kappa shape index (κ3) is 92.9. The third-order valence-corrected chi connectivity index (χ3v) is 0.167. The molecule has 0 saturated carbocycles. The van der Waals surface area contributed by atoms with Crippen LogP contribution >= 0.6 is 0 Å². The normalized spacial score (nSPS) is 7.67. The van der Waals surface area contributed by atoms with Gasteiger partial charge in [-0.05, 0) is 6.08 Å². The molecule has 0 aliphatic heterocycles. The van der Waals surface area contributed by atoms with E-state index in [-0.39, 0.29) is 80.9 Å². The molecule has 0 unspecified atom stereocenters. The molecule has 0 bridgehead atoms. The van der Waals surface area contributed by atoms with Crippen molar-refractivity contribution in [1.82, 2.24) is 0 Å². The van der Waals surface area contributed by atoms with E-state index in [2.05, 4.69) is 6.58 Å². The van der Waals surface area contributed by atoms with Crippen LogP contribution in [-0.4, -0.2) is 29.4 Å². The summed E-state index contributed by atoms with van der Waals surface area (Å²) in [6.45, 7) is 2.90. The smallest absolute Gasteiger partial charge is 0.794 e. The minimum Gasteiger partial charge on any atom is -0.794 e. The van der Waals surface area contributed by atoms with Crippen LogP contribution in [0.25, 0.3) is 0 Å². The molecule has 0 radical (unpaired) electrons. The van der Waals surface area contributed by atoms with Crippen LogP contribution in [0.3, 0.4) is 0 Å². The first-order valence-electron chi connectivity index (χ1n) is 1.98. The molecule has 0 spiro atoms. The van der Waals surface area contributed by atoms with Crippen LogP contribution in [0.4, 0.5) is 0 Å². The molecule has 12 heavy (non-hydrogen) atoms. The third-order valence-electron chi connectivity index (χ3n) is 0.167. The molecule has 0 atom stereocenters. The molecule has 60 valence electrons. The van der Waals surface area contributed by atoms with E-state index in [9.17, 15) is 0 Å². The molecule has 0 amide bonds. The number of carboxylic acid groups (broad SMARTS) is 1. The Kier molecular flexibility index (Phi) is 25.4. The Bertz CT molecular complexity index is 118. The minimum absolute atomic E-state index is 0. The zero-order valence-electron chi connectivity index (χ0n) is 6.85. The van der Waals surface area contributed by atoms with Gasteiger partial charge in [0.2, 0.25) is 0 Å². The SMILES string of the molecule is C=CC(=O)[O-].[K+].[Na+].[O-][Si](O)(O)O. The van der Waals surface area contributed by atoms with Gasteiger partial charge in [-0.1, -0.05) is 6.58 Å². The fraction of sp³-hybridized carbons (Fsp3) is 0. The number of hydrogen-bond acceptors (Lipinski definition) is 6. The maximum atomic E-state index is 9.14. The molecule has 0 saturated heterocycles. The first-order chi connectivity index (χ1) is 4.27. The van der Waals surface area contributed by atoms with Crippen LogP contribution in [0, 0.1) is 0 Å². The van der Waals surface area contributed by atoms with Gasteiger partial charge in [0, 0.05) is 0 Å². The summed E-state index contributed by atoms with van der Waals surface area (Å²) in [6.07, 6.45) is 0.722. The first-order valence-corrected chi connectivity index (χ1v) is 3.73. The van der Waals surface area contributed by atoms with E-state index < -0.39 is 15.0 Å². The summed E-state index contributed by atoms with van der Waals surface area (Å²) in [5.41, 5.74) is 0. The largest absolute Gasteiger partial charge is 1.00 e. The first kappa shape index (κ1) is 23.6. The van der Waals surface area contributed by atoms with E-state index in [1.54, 1.807) is 0 Å². The molecule has 0 aromatic rings. The van der Waals surface area contributed by atoms with Crippen molar-refractivity contribution in [1.29, 1.82) is 0 Å². The van der Waals surface area contributed by atoms with Gasteiger partial charge in [0.25, 0.3) is 0 Å². The van der Waals surface area contributed by atoms with Crippen molar-refractivity contribution in [3.8, 4) is 0 Å². The Morgan fingerprint density at radius 2 is 1.50 bits per heavy atom. The van der Waals surface area contributed by atoms with Crippen LogP contribution in [0.2, 0.25) is 0 Å². The van der Waals surface area contributed by atoms with Gasteiger partial charge in [-0.25, -0.2) is 0 Å². The van der Waals surface area contributed by atoms with Gasteiger partial charge in [-0.3, -0.25) is 0 Å². The number of carbonyl (C=O) groups is 1. The van der Waals surface area contributed by atoms with Crippen molar-refractivity contribution in [2.75, 3.05) is 0 Å². The zero-order chi connectivity index (χ0) is 8.78. The van der Waals surface area contributed by atoms with Crippen molar-refractivity contribution < 1.29 is 110 Å². The molecular weight excluding hydrogens is 222 g/mol. The summed E-state index contributed by atoms with van der Waals surface area (Å²) >= 11 is 0. The summed E-state index contributed by atoms with van der Waals surface area (Å²) in [7, 11) is -4.86. The van der Waals surface area contributed by atoms with Crippen LogP contribution in [0.15, 0.2) is 12.7 Å². The van der Waals surface area contributed by atoms with E-state index >= 15 is 0 Å². The molecule has 0 aliphatic rings. The predicted molar refractivity (Wildman–Crippen MR) is 27.6 cm³/mol. The van der Waals surface area contributed by atoms with Crippen LogP contribution in [-0.2, 0) is 4.79 Å². The van der Waals surface area contributed by atoms with Crippen molar-refractivity contribution in [3.05, 3.63) is 12.7 Å². The molecule has 0 rings (SSSR count). The van der Waals surface area contributed by atoms with Crippen molar-refractivity contribution in [3.63, 3.8) is 0 Å². The van der Waals surface area contributed by atoms with E-state index in [0.29, 0.717) is 0 Å². The fourth-order valence-corrected chi connectivity index (χ4v) is 0. The van der Waals surface area contributed by atoms with Crippen LogP contribution in [0.5, 0.6) is 0 Å². The second-order valence-corrected chi connectivity index (χ2v) is 2.24. The Morgan fingerprint density at radius 1 is 1.42 bits per heavy atom. The minimum atomic E-state index is -4.86. The molecule has 0 aromatic heterocycles. The molecule has 3 N–H and O–H groups in total. The summed E-state index contributed by atoms with van der Waals surface area (Å²) in [5, 5.41) is 9.14. The quantitative estimate of drug-likeness (QED) is 0.302. The number of carbonyl (C=O) groups excluding carboxylic acids is 1. The average Bonchev–Trinajstić information content (AvgIpc) is 1.61. The Morgan fingerprint density at radius 3 is 1.50 bits per heavy atom. The monoisotopic (exact) mass is 228 g/mol. The van der Waals surface area contributed by atoms with Crippen LogP contribution in [0.1, 0.15) is 0 Å². The molecule has 0 aliphatic carbocycles. The average molecular weight is 228 g/mol. The van der Waals surface area contributed by atoms with E-state index in [4.69, 9.17) is 29.1 Å². The Labute approximate surface area is 135 Å². The van der Waals surface area contributed by atoms with Gasteiger partial charge < -0.3 is 29.1 Å². The molecule has 9 heteroatoms. The van der Waals surface area contributed by atoms with Crippen molar-refractivity contribution in [2.45, 2.75) is 0 Å². The second kappa shape index (κ2) is 12.9. The maximum absolute atomic E-state index is 9.14. The summed E-state index contributed by atoms with van der Waals surface area (Å²) in [4.78, 5) is 39.7. The maximum Gasteiger partial charge on any atom is 1.00 e. The molecular formula is C3H6KNaO6Si. The van der Waals surface area contributed by atoms with Gasteiger partial charge >= 0.3 is 90.0 Å².